The van der Waals surface area contributed by atoms with Gasteiger partial charge in [-0.1, -0.05) is 0 Å². The van der Waals surface area contributed by atoms with Gasteiger partial charge in [-0.3, -0.25) is 0 Å². The van der Waals surface area contributed by atoms with Crippen molar-refractivity contribution < 1.29 is 59.8 Å². The third-order valence-corrected chi connectivity index (χ3v) is 0. The molecule has 4 N–H and O–H groups in total. The summed E-state index contributed by atoms with van der Waals surface area (Å²) < 4.78 is 0. The van der Waals surface area contributed by atoms with Crippen molar-refractivity contribution in [1.29, 1.82) is 0 Å². The second-order valence-corrected chi connectivity index (χ2v) is 1.80. The minimum absolute atomic E-state index is 0. The summed E-state index contributed by atoms with van der Waals surface area (Å²) in [6, 6.07) is 0. The fourth-order valence-corrected chi connectivity index (χ4v) is 0. The molecule has 7 heteroatoms. The molecule has 0 saturated heterocycles. The van der Waals surface area contributed by atoms with E-state index in [-0.39, 0.29) is 40.6 Å². The van der Waals surface area contributed by atoms with Gasteiger partial charge in [-0.05, 0) is 0 Å². The Hall–Kier alpha value is 1.25. The van der Waals surface area contributed by atoms with Gasteiger partial charge in [0.2, 0.25) is 0 Å². The van der Waals surface area contributed by atoms with Crippen molar-refractivity contribution in [2.75, 3.05) is 0 Å². The van der Waals surface area contributed by atoms with E-state index in [1.54, 1.807) is 0 Å². The van der Waals surface area contributed by atoms with Crippen molar-refractivity contribution in [2.24, 2.45) is 0 Å². The van der Waals surface area contributed by atoms with Crippen molar-refractivity contribution in [3.8, 4) is 0 Å². The zero-order valence-corrected chi connectivity index (χ0v) is 5.29. The molecule has 0 aromatic rings. The summed E-state index contributed by atoms with van der Waals surface area (Å²) in [5.41, 5.74) is 0. The Morgan fingerprint density at radius 3 is 0.857 bits per heavy atom. The van der Waals surface area contributed by atoms with Crippen LogP contribution < -0.4 is 37.7 Å². The molecule has 0 unspecified atom stereocenters. The van der Waals surface area contributed by atoms with Crippen LogP contribution in [0.15, 0.2) is 0 Å². The molecule has 0 radical (unpaired) electrons. The molecule has 0 fully saturated rings. The summed E-state index contributed by atoms with van der Waals surface area (Å²) in [6.07, 6.45) is 0. The van der Waals surface area contributed by atoms with Crippen LogP contribution in [-0.2, 0) is 0 Å². The first-order chi connectivity index (χ1) is 2.00. The van der Waals surface area contributed by atoms with E-state index in [4.69, 9.17) is 19.2 Å². The van der Waals surface area contributed by atoms with E-state index in [2.05, 4.69) is 0 Å². The average molecular weight is 112 g/mol. The smallest absolute Gasteiger partial charge is 1.00 e. The first kappa shape index (κ1) is 15.7. The van der Waals surface area contributed by atoms with Gasteiger partial charge in [0.05, 0.1) is 0 Å². The quantitative estimate of drug-likeness (QED) is 0.234. The van der Waals surface area contributed by atoms with Crippen LogP contribution >= 0.6 is 0 Å². The minimum atomic E-state index is -4.61. The van der Waals surface area contributed by atoms with Crippen molar-refractivity contribution in [2.45, 2.75) is 0 Å². The van der Waals surface area contributed by atoms with E-state index in [9.17, 15) is 0 Å². The predicted octanol–water partition coefficient (Wildman–Crippen LogP) is -8.38. The van der Waals surface area contributed by atoms with Gasteiger partial charge in [0, 0.05) is 0 Å². The van der Waals surface area contributed by atoms with Crippen molar-refractivity contribution >= 4 is 9.05 Å². The molecule has 0 heterocycles. The summed E-state index contributed by atoms with van der Waals surface area (Å²) in [6.45, 7) is 0. The second kappa shape index (κ2) is 5.39. The van der Waals surface area contributed by atoms with Crippen molar-refractivity contribution in [3.63, 3.8) is 0 Å². The summed E-state index contributed by atoms with van der Waals surface area (Å²) >= 11 is 0. The summed E-state index contributed by atoms with van der Waals surface area (Å²) in [5.74, 6) is 0. The summed E-state index contributed by atoms with van der Waals surface area (Å²) in [7, 11) is -4.61. The Morgan fingerprint density at radius 1 is 0.857 bits per heavy atom. The number of hydrogen-bond acceptors (Lipinski definition) is 4. The molecule has 0 bridgehead atoms. The Balaban J connectivity index is -0.0000000133. The Bertz CT molecular complexity index is 32.0. The van der Waals surface area contributed by atoms with Crippen LogP contribution in [0.4, 0.5) is 0 Å². The standard InChI is InChI=1S/2Li.H4O4Si.2H/c;;1-5(2,3)4;;/h;;1-4H;;/q2*+1;;2*-1. The molecule has 4 nitrogen and oxygen atoms in total. The molecular weight excluding hydrogens is 106 g/mol. The Kier molecular flexibility index (Phi) is 12.1. The fraction of sp³-hybridized carbons (Fsp3) is 0. The van der Waals surface area contributed by atoms with Crippen molar-refractivity contribution in [1.82, 2.24) is 0 Å². The van der Waals surface area contributed by atoms with E-state index in [0.29, 0.717) is 0 Å². The third kappa shape index (κ3) is 128. The van der Waals surface area contributed by atoms with E-state index in [1.165, 1.54) is 0 Å². The van der Waals surface area contributed by atoms with E-state index in [0.717, 1.165) is 0 Å². The number of rotatable bonds is 0. The van der Waals surface area contributed by atoms with Crippen LogP contribution in [0.2, 0.25) is 0 Å². The van der Waals surface area contributed by atoms with Crippen LogP contribution in [0.25, 0.3) is 0 Å². The maximum atomic E-state index is 7.33. The first-order valence-electron chi connectivity index (χ1n) is 0.894. The Morgan fingerprint density at radius 2 is 0.857 bits per heavy atom. The zero-order valence-electron chi connectivity index (χ0n) is 6.29. The van der Waals surface area contributed by atoms with Crippen LogP contribution in [0.5, 0.6) is 0 Å². The molecular formula is H6Li2O4Si. The molecule has 0 aliphatic rings. The number of hydrogen-bond donors (Lipinski definition) is 4. The maximum absolute atomic E-state index is 7.33. The van der Waals surface area contributed by atoms with Gasteiger partial charge in [-0.25, -0.2) is 0 Å². The van der Waals surface area contributed by atoms with Crippen molar-refractivity contribution in [3.05, 3.63) is 0 Å². The summed E-state index contributed by atoms with van der Waals surface area (Å²) in [5, 5.41) is 0. The van der Waals surface area contributed by atoms with Gasteiger partial charge in [-0.15, -0.1) is 0 Å². The van der Waals surface area contributed by atoms with Gasteiger partial charge in [0.1, 0.15) is 0 Å². The first-order valence-corrected chi connectivity index (χ1v) is 2.68. The Labute approximate surface area is 69.0 Å². The monoisotopic (exact) mass is 112 g/mol. The van der Waals surface area contributed by atoms with E-state index >= 15 is 0 Å². The van der Waals surface area contributed by atoms with E-state index in [1.807, 2.05) is 0 Å². The van der Waals surface area contributed by atoms with Crippen LogP contribution in [0, 0.1) is 0 Å². The molecule has 0 aliphatic heterocycles. The van der Waals surface area contributed by atoms with Crippen LogP contribution in [0.3, 0.4) is 0 Å². The van der Waals surface area contributed by atoms with E-state index < -0.39 is 9.05 Å². The summed E-state index contributed by atoms with van der Waals surface area (Å²) in [4.78, 5) is 29.3. The molecule has 0 amide bonds. The van der Waals surface area contributed by atoms with Gasteiger partial charge in [-0.2, -0.15) is 0 Å². The minimum Gasteiger partial charge on any atom is -1.00 e. The normalized spacial score (nSPS) is 8.57. The van der Waals surface area contributed by atoms with Crippen LogP contribution in [-0.4, -0.2) is 28.2 Å². The molecule has 0 aromatic heterocycles. The van der Waals surface area contributed by atoms with Gasteiger partial charge < -0.3 is 22.0 Å². The zero-order chi connectivity index (χ0) is 4.50. The maximum Gasteiger partial charge on any atom is 1.00 e. The molecule has 0 spiro atoms. The molecule has 7 heavy (non-hydrogen) atoms. The fourth-order valence-electron chi connectivity index (χ4n) is 0. The molecule has 0 saturated carbocycles. The molecule has 0 aromatic carbocycles. The topological polar surface area (TPSA) is 80.9 Å². The van der Waals surface area contributed by atoms with Gasteiger partial charge >= 0.3 is 46.8 Å². The predicted molar refractivity (Wildman–Crippen MR) is 16.9 cm³/mol. The SMILES string of the molecule is O[Si](O)(O)O.[H-].[H-].[Li+].[Li+]. The molecule has 36 valence electrons. The second-order valence-electron chi connectivity index (χ2n) is 0.600. The van der Waals surface area contributed by atoms with Crippen LogP contribution in [0.1, 0.15) is 2.85 Å². The third-order valence-electron chi connectivity index (χ3n) is 0. The molecule has 0 rings (SSSR count). The average Bonchev–Trinajstić information content (AvgIpc) is 0.722. The van der Waals surface area contributed by atoms with Gasteiger partial charge in [0.25, 0.3) is 0 Å². The molecule has 0 aliphatic carbocycles. The van der Waals surface area contributed by atoms with Gasteiger partial charge in [0.15, 0.2) is 0 Å². The largest absolute Gasteiger partial charge is 1.00 e. The molecule has 0 atom stereocenters.